The number of carboxylic acids is 1. The van der Waals surface area contributed by atoms with E-state index < -0.39 is 5.97 Å². The Bertz CT molecular complexity index is 906. The largest absolute Gasteiger partial charge is 0.481 e. The minimum absolute atomic E-state index is 0.0212. The number of esters is 1. The van der Waals surface area contributed by atoms with Crippen LogP contribution in [0.5, 0.6) is 0 Å². The Labute approximate surface area is 179 Å². The van der Waals surface area contributed by atoms with Gasteiger partial charge in [-0.25, -0.2) is 4.79 Å². The van der Waals surface area contributed by atoms with Gasteiger partial charge in [-0.15, -0.1) is 11.3 Å². The molecule has 0 amide bonds. The third-order valence-corrected chi connectivity index (χ3v) is 6.11. The van der Waals surface area contributed by atoms with Crippen LogP contribution in [-0.4, -0.2) is 28.8 Å². The van der Waals surface area contributed by atoms with E-state index in [2.05, 4.69) is 10.6 Å². The number of thiocarbonyl (C=S) groups is 1. The molecule has 2 aromatic rings. The van der Waals surface area contributed by atoms with E-state index in [9.17, 15) is 9.59 Å². The third kappa shape index (κ3) is 5.55. The fourth-order valence-corrected chi connectivity index (χ4v) is 4.96. The molecule has 29 heavy (non-hydrogen) atoms. The van der Waals surface area contributed by atoms with Gasteiger partial charge in [0.1, 0.15) is 5.00 Å². The van der Waals surface area contributed by atoms with Gasteiger partial charge in [0.25, 0.3) is 0 Å². The molecule has 0 aliphatic heterocycles. The summed E-state index contributed by atoms with van der Waals surface area (Å²) in [6.07, 6.45) is 5.20. The van der Waals surface area contributed by atoms with E-state index in [4.69, 9.17) is 22.1 Å². The van der Waals surface area contributed by atoms with Crippen molar-refractivity contribution >= 4 is 51.3 Å². The van der Waals surface area contributed by atoms with E-state index in [0.29, 0.717) is 22.8 Å². The maximum absolute atomic E-state index is 12.6. The number of carbonyl (C=O) groups is 2. The third-order valence-electron chi connectivity index (χ3n) is 4.70. The fourth-order valence-electron chi connectivity index (χ4n) is 3.40. The zero-order valence-electron chi connectivity index (χ0n) is 16.2. The summed E-state index contributed by atoms with van der Waals surface area (Å²) in [4.78, 5) is 24.6. The SMILES string of the molecule is CCOC(=O)c1c(NC(=S)Nc2ccc(CC(=O)O)cc2)sc2c1CCCCC2. The Morgan fingerprint density at radius 2 is 1.86 bits per heavy atom. The highest BCUT2D eigenvalue weighted by molar-refractivity contribution is 7.80. The zero-order valence-corrected chi connectivity index (χ0v) is 17.9. The average molecular weight is 433 g/mol. The number of fused-ring (bicyclic) bond motifs is 1. The van der Waals surface area contributed by atoms with Crippen molar-refractivity contribution in [2.45, 2.75) is 45.4 Å². The fraction of sp³-hybridized carbons (Fsp3) is 0.381. The predicted molar refractivity (Wildman–Crippen MR) is 119 cm³/mol. The lowest BCUT2D eigenvalue weighted by molar-refractivity contribution is -0.136. The number of thiophene rings is 1. The summed E-state index contributed by atoms with van der Waals surface area (Å²) >= 11 is 7.01. The van der Waals surface area contributed by atoms with Crippen molar-refractivity contribution in [3.05, 3.63) is 45.8 Å². The molecule has 3 rings (SSSR count). The molecule has 3 N–H and O–H groups in total. The maximum Gasteiger partial charge on any atom is 0.341 e. The smallest absolute Gasteiger partial charge is 0.341 e. The number of nitrogens with one attached hydrogen (secondary N) is 2. The first-order valence-electron chi connectivity index (χ1n) is 9.68. The Morgan fingerprint density at radius 3 is 2.55 bits per heavy atom. The number of hydrogen-bond donors (Lipinski definition) is 3. The van der Waals surface area contributed by atoms with Gasteiger partial charge in [0.2, 0.25) is 0 Å². The zero-order chi connectivity index (χ0) is 20.8. The number of aryl methyl sites for hydroxylation is 1. The van der Waals surface area contributed by atoms with Crippen LogP contribution < -0.4 is 10.6 Å². The normalized spacial score (nSPS) is 13.1. The Kier molecular flexibility index (Phi) is 7.22. The molecule has 1 aliphatic carbocycles. The van der Waals surface area contributed by atoms with Crippen molar-refractivity contribution in [1.82, 2.24) is 0 Å². The monoisotopic (exact) mass is 432 g/mol. The lowest BCUT2D eigenvalue weighted by Crippen LogP contribution is -2.20. The van der Waals surface area contributed by atoms with Gasteiger partial charge in [-0.3, -0.25) is 4.79 Å². The summed E-state index contributed by atoms with van der Waals surface area (Å²) in [6, 6.07) is 7.05. The average Bonchev–Trinajstić information content (AvgIpc) is 2.83. The molecular formula is C21H24N2O4S2. The van der Waals surface area contributed by atoms with Gasteiger partial charge in [0, 0.05) is 10.6 Å². The lowest BCUT2D eigenvalue weighted by atomic mass is 10.1. The molecular weight excluding hydrogens is 408 g/mol. The summed E-state index contributed by atoms with van der Waals surface area (Å²) in [5.41, 5.74) is 3.16. The number of rotatable bonds is 6. The predicted octanol–water partition coefficient (Wildman–Crippen LogP) is 4.63. The molecule has 8 heteroatoms. The van der Waals surface area contributed by atoms with Crippen molar-refractivity contribution < 1.29 is 19.4 Å². The van der Waals surface area contributed by atoms with Gasteiger partial charge < -0.3 is 20.5 Å². The van der Waals surface area contributed by atoms with E-state index >= 15 is 0 Å². The summed E-state index contributed by atoms with van der Waals surface area (Å²) < 4.78 is 5.29. The summed E-state index contributed by atoms with van der Waals surface area (Å²) in [5.74, 6) is -1.18. The van der Waals surface area contributed by atoms with Crippen molar-refractivity contribution in [3.63, 3.8) is 0 Å². The molecule has 6 nitrogen and oxygen atoms in total. The molecule has 1 aliphatic rings. The molecule has 0 fully saturated rings. The highest BCUT2D eigenvalue weighted by atomic mass is 32.1. The number of hydrogen-bond acceptors (Lipinski definition) is 5. The van der Waals surface area contributed by atoms with Crippen LogP contribution in [0.3, 0.4) is 0 Å². The number of anilines is 2. The summed E-state index contributed by atoms with van der Waals surface area (Å²) in [6.45, 7) is 2.13. The second kappa shape index (κ2) is 9.84. The van der Waals surface area contributed by atoms with Crippen LogP contribution in [0.15, 0.2) is 24.3 Å². The minimum atomic E-state index is -0.869. The van der Waals surface area contributed by atoms with E-state index in [1.807, 2.05) is 0 Å². The van der Waals surface area contributed by atoms with E-state index in [0.717, 1.165) is 41.9 Å². The number of carbonyl (C=O) groups excluding carboxylic acids is 1. The molecule has 154 valence electrons. The van der Waals surface area contributed by atoms with Crippen LogP contribution in [0.4, 0.5) is 10.7 Å². The molecule has 1 heterocycles. The van der Waals surface area contributed by atoms with Crippen LogP contribution in [0, 0.1) is 0 Å². The molecule has 0 saturated heterocycles. The molecule has 0 atom stereocenters. The van der Waals surface area contributed by atoms with E-state index in [1.165, 1.54) is 11.3 Å². The van der Waals surface area contributed by atoms with Crippen LogP contribution in [0.1, 0.15) is 52.5 Å². The Morgan fingerprint density at radius 1 is 1.14 bits per heavy atom. The van der Waals surface area contributed by atoms with Crippen LogP contribution >= 0.6 is 23.6 Å². The second-order valence-corrected chi connectivity index (χ2v) is 8.35. The molecule has 1 aromatic heterocycles. The Balaban J connectivity index is 1.75. The van der Waals surface area contributed by atoms with Crippen molar-refractivity contribution in [2.24, 2.45) is 0 Å². The first-order valence-corrected chi connectivity index (χ1v) is 10.9. The van der Waals surface area contributed by atoms with Crippen LogP contribution in [0.25, 0.3) is 0 Å². The van der Waals surface area contributed by atoms with Gasteiger partial charge in [-0.2, -0.15) is 0 Å². The summed E-state index contributed by atoms with van der Waals surface area (Å²) in [7, 11) is 0. The van der Waals surface area contributed by atoms with Crippen LogP contribution in [-0.2, 0) is 28.8 Å². The standard InChI is InChI=1S/C21H24N2O4S2/c1-2-27-20(26)18-15-6-4-3-5-7-16(15)29-19(18)23-21(28)22-14-10-8-13(9-11-14)12-17(24)25/h8-11H,2-7,12H2,1H3,(H,24,25)(H2,22,23,28). The first-order chi connectivity index (χ1) is 14.0. The maximum atomic E-state index is 12.6. The minimum Gasteiger partial charge on any atom is -0.481 e. The van der Waals surface area contributed by atoms with Crippen molar-refractivity contribution in [2.75, 3.05) is 17.2 Å². The Hall–Kier alpha value is -2.45. The highest BCUT2D eigenvalue weighted by Crippen LogP contribution is 2.38. The summed E-state index contributed by atoms with van der Waals surface area (Å²) in [5, 5.41) is 16.2. The van der Waals surface area contributed by atoms with Gasteiger partial charge in [0.05, 0.1) is 18.6 Å². The molecule has 0 spiro atoms. The van der Waals surface area contributed by atoms with Crippen molar-refractivity contribution in [3.8, 4) is 0 Å². The molecule has 1 aromatic carbocycles. The number of aliphatic carboxylic acids is 1. The van der Waals surface area contributed by atoms with Gasteiger partial charge in [0.15, 0.2) is 5.11 Å². The molecule has 0 bridgehead atoms. The lowest BCUT2D eigenvalue weighted by Gasteiger charge is -2.12. The van der Waals surface area contributed by atoms with E-state index in [1.54, 1.807) is 42.5 Å². The van der Waals surface area contributed by atoms with Gasteiger partial charge in [-0.1, -0.05) is 18.6 Å². The molecule has 0 radical (unpaired) electrons. The molecule has 0 unspecified atom stereocenters. The number of carboxylic acid groups (broad SMARTS) is 1. The quantitative estimate of drug-likeness (QED) is 0.348. The number of ether oxygens (including phenoxy) is 1. The molecule has 0 saturated carbocycles. The topological polar surface area (TPSA) is 87.7 Å². The second-order valence-electron chi connectivity index (χ2n) is 6.84. The van der Waals surface area contributed by atoms with Crippen LogP contribution in [0.2, 0.25) is 0 Å². The number of benzene rings is 1. The van der Waals surface area contributed by atoms with Gasteiger partial charge in [-0.05, 0) is 68.1 Å². The van der Waals surface area contributed by atoms with Gasteiger partial charge >= 0.3 is 11.9 Å². The van der Waals surface area contributed by atoms with E-state index in [-0.39, 0.29) is 12.4 Å². The first kappa shape index (κ1) is 21.3. The van der Waals surface area contributed by atoms with Crippen molar-refractivity contribution in [1.29, 1.82) is 0 Å². The highest BCUT2D eigenvalue weighted by Gasteiger charge is 2.26.